The van der Waals surface area contributed by atoms with Crippen molar-refractivity contribution < 1.29 is 19.1 Å². The summed E-state index contributed by atoms with van der Waals surface area (Å²) in [5, 5.41) is 0. The van der Waals surface area contributed by atoms with Gasteiger partial charge in [0.05, 0.1) is 20.3 Å². The van der Waals surface area contributed by atoms with Crippen LogP contribution in [0.15, 0.2) is 30.3 Å². The van der Waals surface area contributed by atoms with Crippen LogP contribution in [0.4, 0.5) is 0 Å². The van der Waals surface area contributed by atoms with Gasteiger partial charge in [-0.1, -0.05) is 24.1 Å². The Balaban J connectivity index is 2.11. The Morgan fingerprint density at radius 3 is 2.80 bits per heavy atom. The molecular formula is C15H15NO4. The fourth-order valence-electron chi connectivity index (χ4n) is 1.90. The molecule has 20 heavy (non-hydrogen) atoms. The van der Waals surface area contributed by atoms with E-state index in [1.165, 1.54) is 12.0 Å². The molecule has 0 aliphatic carbocycles. The van der Waals surface area contributed by atoms with Gasteiger partial charge >= 0.3 is 5.97 Å². The number of hydrogen-bond donors (Lipinski definition) is 0. The number of esters is 1. The fraction of sp³-hybridized carbons (Fsp3) is 0.333. The van der Waals surface area contributed by atoms with E-state index < -0.39 is 17.9 Å². The Morgan fingerprint density at radius 1 is 1.35 bits per heavy atom. The zero-order chi connectivity index (χ0) is 14.4. The summed E-state index contributed by atoms with van der Waals surface area (Å²) in [5.74, 6) is 4.45. The van der Waals surface area contributed by atoms with Crippen LogP contribution < -0.4 is 0 Å². The fourth-order valence-corrected chi connectivity index (χ4v) is 1.90. The molecule has 1 atom stereocenters. The van der Waals surface area contributed by atoms with E-state index in [0.717, 1.165) is 5.56 Å². The molecule has 1 aromatic carbocycles. The predicted molar refractivity (Wildman–Crippen MR) is 71.7 cm³/mol. The van der Waals surface area contributed by atoms with Crippen LogP contribution in [0, 0.1) is 11.8 Å². The summed E-state index contributed by atoms with van der Waals surface area (Å²) in [6.45, 7) is 0.875. The summed E-state index contributed by atoms with van der Waals surface area (Å²) in [6, 6.07) is 8.49. The molecule has 1 amide bonds. The van der Waals surface area contributed by atoms with E-state index in [4.69, 9.17) is 4.74 Å². The second kappa shape index (κ2) is 6.73. The van der Waals surface area contributed by atoms with E-state index in [1.54, 1.807) is 0 Å². The van der Waals surface area contributed by atoms with Crippen molar-refractivity contribution in [1.82, 2.24) is 4.90 Å². The van der Waals surface area contributed by atoms with Crippen LogP contribution in [0.2, 0.25) is 0 Å². The monoisotopic (exact) mass is 273 g/mol. The molecule has 5 heteroatoms. The molecule has 0 saturated carbocycles. The molecule has 104 valence electrons. The maximum absolute atomic E-state index is 12.1. The Morgan fingerprint density at radius 2 is 2.10 bits per heavy atom. The van der Waals surface area contributed by atoms with Crippen LogP contribution in [0.1, 0.15) is 5.56 Å². The van der Waals surface area contributed by atoms with Crippen LogP contribution in [0.3, 0.4) is 0 Å². The van der Waals surface area contributed by atoms with Gasteiger partial charge in [0.15, 0.2) is 6.04 Å². The first kappa shape index (κ1) is 14.1. The van der Waals surface area contributed by atoms with Gasteiger partial charge in [-0.15, -0.1) is 0 Å². The molecule has 5 nitrogen and oxygen atoms in total. The summed E-state index contributed by atoms with van der Waals surface area (Å²) in [4.78, 5) is 25.1. The summed E-state index contributed by atoms with van der Waals surface area (Å²) in [5.41, 5.74) is 0.753. The smallest absolute Gasteiger partial charge is 0.331 e. The number of carbonyl (C=O) groups excluding carboxylic acids is 2. The summed E-state index contributed by atoms with van der Waals surface area (Å²) in [7, 11) is 1.29. The third kappa shape index (κ3) is 3.37. The van der Waals surface area contributed by atoms with Gasteiger partial charge in [0.25, 0.3) is 5.91 Å². The molecule has 0 aromatic heterocycles. The first-order valence-electron chi connectivity index (χ1n) is 6.25. The normalized spacial score (nSPS) is 17.9. The van der Waals surface area contributed by atoms with Crippen molar-refractivity contribution in [2.75, 3.05) is 26.9 Å². The second-order valence-electron chi connectivity index (χ2n) is 4.23. The molecule has 1 aromatic rings. The van der Waals surface area contributed by atoms with Gasteiger partial charge in [-0.05, 0) is 12.1 Å². The van der Waals surface area contributed by atoms with Crippen molar-refractivity contribution in [3.63, 3.8) is 0 Å². The highest BCUT2D eigenvalue weighted by atomic mass is 16.5. The van der Waals surface area contributed by atoms with Crippen LogP contribution in [0.25, 0.3) is 0 Å². The lowest BCUT2D eigenvalue weighted by atomic mass is 10.2. The van der Waals surface area contributed by atoms with Crippen molar-refractivity contribution in [1.29, 1.82) is 0 Å². The lowest BCUT2D eigenvalue weighted by Crippen LogP contribution is -2.52. The van der Waals surface area contributed by atoms with Gasteiger partial charge < -0.3 is 14.4 Å². The van der Waals surface area contributed by atoms with Gasteiger partial charge in [0.2, 0.25) is 0 Å². The molecule has 1 fully saturated rings. The zero-order valence-corrected chi connectivity index (χ0v) is 11.2. The third-order valence-corrected chi connectivity index (χ3v) is 2.95. The van der Waals surface area contributed by atoms with Crippen molar-refractivity contribution in [3.05, 3.63) is 35.9 Å². The molecular weight excluding hydrogens is 258 g/mol. The first-order chi connectivity index (χ1) is 9.72. The Kier molecular flexibility index (Phi) is 4.75. The number of ether oxygens (including phenoxy) is 2. The number of carbonyl (C=O) groups is 2. The summed E-state index contributed by atoms with van der Waals surface area (Å²) < 4.78 is 9.88. The van der Waals surface area contributed by atoms with E-state index in [9.17, 15) is 9.59 Å². The minimum atomic E-state index is -0.716. The largest absolute Gasteiger partial charge is 0.467 e. The number of morpholine rings is 1. The molecule has 1 unspecified atom stereocenters. The van der Waals surface area contributed by atoms with Gasteiger partial charge in [-0.25, -0.2) is 4.79 Å². The average Bonchev–Trinajstić information content (AvgIpc) is 2.52. The van der Waals surface area contributed by atoms with E-state index in [1.807, 2.05) is 30.3 Å². The molecule has 1 saturated heterocycles. The van der Waals surface area contributed by atoms with Crippen molar-refractivity contribution in [2.24, 2.45) is 0 Å². The highest BCUT2D eigenvalue weighted by Crippen LogP contribution is 2.08. The molecule has 0 radical (unpaired) electrons. The molecule has 0 spiro atoms. The highest BCUT2D eigenvalue weighted by molar-refractivity contribution is 5.96. The molecule has 0 N–H and O–H groups in total. The topological polar surface area (TPSA) is 55.8 Å². The van der Waals surface area contributed by atoms with Crippen molar-refractivity contribution >= 4 is 11.9 Å². The number of rotatable bonds is 1. The first-order valence-corrected chi connectivity index (χ1v) is 6.25. The summed E-state index contributed by atoms with van der Waals surface area (Å²) in [6.07, 6.45) is 0. The molecule has 1 aliphatic heterocycles. The van der Waals surface area contributed by atoms with Crippen LogP contribution in [-0.2, 0) is 19.1 Å². The quantitative estimate of drug-likeness (QED) is 0.550. The maximum atomic E-state index is 12.1. The van der Waals surface area contributed by atoms with E-state index in [2.05, 4.69) is 16.6 Å². The molecule has 1 heterocycles. The standard InChI is InChI=1S/C15H15NO4/c1-19-15(18)13-11-20-10-9-16(13)14(17)8-7-12-5-3-2-4-6-12/h2-6,13H,9-11H2,1H3. The lowest BCUT2D eigenvalue weighted by Gasteiger charge is -2.32. The maximum Gasteiger partial charge on any atom is 0.331 e. The molecule has 2 rings (SSSR count). The Labute approximate surface area is 117 Å². The number of nitrogens with zero attached hydrogens (tertiary/aromatic N) is 1. The van der Waals surface area contributed by atoms with E-state index in [-0.39, 0.29) is 6.61 Å². The molecule has 0 bridgehead atoms. The second-order valence-corrected chi connectivity index (χ2v) is 4.23. The van der Waals surface area contributed by atoms with Gasteiger partial charge in [0, 0.05) is 18.0 Å². The van der Waals surface area contributed by atoms with Gasteiger partial charge in [-0.3, -0.25) is 4.79 Å². The minimum Gasteiger partial charge on any atom is -0.467 e. The molecule has 1 aliphatic rings. The van der Waals surface area contributed by atoms with Crippen LogP contribution >= 0.6 is 0 Å². The minimum absolute atomic E-state index is 0.144. The summed E-state index contributed by atoms with van der Waals surface area (Å²) >= 11 is 0. The lowest BCUT2D eigenvalue weighted by molar-refractivity contribution is -0.158. The van der Waals surface area contributed by atoms with Gasteiger partial charge in [0.1, 0.15) is 0 Å². The van der Waals surface area contributed by atoms with E-state index in [0.29, 0.717) is 13.2 Å². The SMILES string of the molecule is COC(=O)C1COCCN1C(=O)C#Cc1ccccc1. The Bertz CT molecular complexity index is 544. The van der Waals surface area contributed by atoms with Crippen molar-refractivity contribution in [3.8, 4) is 11.8 Å². The number of benzene rings is 1. The van der Waals surface area contributed by atoms with E-state index >= 15 is 0 Å². The van der Waals surface area contributed by atoms with Crippen molar-refractivity contribution in [2.45, 2.75) is 6.04 Å². The number of hydrogen-bond acceptors (Lipinski definition) is 4. The Hall–Kier alpha value is -2.32. The predicted octanol–water partition coefficient (Wildman–Crippen LogP) is 0.438. The van der Waals surface area contributed by atoms with Gasteiger partial charge in [-0.2, -0.15) is 0 Å². The third-order valence-electron chi connectivity index (χ3n) is 2.95. The zero-order valence-electron chi connectivity index (χ0n) is 11.2. The number of amides is 1. The highest BCUT2D eigenvalue weighted by Gasteiger charge is 2.32. The average molecular weight is 273 g/mol. The number of methoxy groups -OCH3 is 1. The van der Waals surface area contributed by atoms with Crippen LogP contribution in [0.5, 0.6) is 0 Å². The van der Waals surface area contributed by atoms with Crippen LogP contribution in [-0.4, -0.2) is 49.7 Å².